The number of anilines is 1. The lowest BCUT2D eigenvalue weighted by atomic mass is 10.0. The molecule has 1 heterocycles. The van der Waals surface area contributed by atoms with Gasteiger partial charge in [-0.3, -0.25) is 5.32 Å². The first-order chi connectivity index (χ1) is 9.33. The minimum absolute atomic E-state index is 0.185. The van der Waals surface area contributed by atoms with Gasteiger partial charge in [-0.05, 0) is 25.7 Å². The molecule has 1 aromatic rings. The molecule has 112 valence electrons. The molecule has 0 fully saturated rings. The smallest absolute Gasteiger partial charge is 0.326 e. The van der Waals surface area contributed by atoms with E-state index in [1.54, 1.807) is 0 Å². The van der Waals surface area contributed by atoms with Crippen molar-refractivity contribution in [3.05, 3.63) is 10.6 Å². The number of aromatic nitrogens is 1. The van der Waals surface area contributed by atoms with Gasteiger partial charge in [-0.2, -0.15) is 0 Å². The zero-order valence-corrected chi connectivity index (χ0v) is 13.0. The van der Waals surface area contributed by atoms with Crippen LogP contribution in [0, 0.1) is 12.8 Å². The van der Waals surface area contributed by atoms with Crippen molar-refractivity contribution in [3.63, 3.8) is 0 Å². The molecule has 1 rings (SSSR count). The standard InChI is InChI=1S/C13H21N3O3S/c1-5-9-8(4)20-13(15-9)16-12(19)14-10(11(17)18)6-7(2)3/h7,10H,5-6H2,1-4H3,(H,17,18)(H2,14,15,16,19)/t10-/m0/s1. The van der Waals surface area contributed by atoms with Gasteiger partial charge in [0.05, 0.1) is 5.69 Å². The van der Waals surface area contributed by atoms with Crippen LogP contribution in [0.4, 0.5) is 9.93 Å². The summed E-state index contributed by atoms with van der Waals surface area (Å²) < 4.78 is 0. The molecule has 0 bridgehead atoms. The van der Waals surface area contributed by atoms with Crippen LogP contribution >= 0.6 is 11.3 Å². The van der Waals surface area contributed by atoms with Crippen LogP contribution in [0.15, 0.2) is 0 Å². The number of carboxylic acids is 1. The van der Waals surface area contributed by atoms with E-state index in [0.29, 0.717) is 11.6 Å². The van der Waals surface area contributed by atoms with Crippen molar-refractivity contribution < 1.29 is 14.7 Å². The molecule has 2 amide bonds. The maximum absolute atomic E-state index is 11.8. The fraction of sp³-hybridized carbons (Fsp3) is 0.615. The van der Waals surface area contributed by atoms with Gasteiger partial charge < -0.3 is 10.4 Å². The van der Waals surface area contributed by atoms with E-state index in [1.165, 1.54) is 11.3 Å². The Kier molecular flexibility index (Phi) is 5.94. The molecule has 0 radical (unpaired) electrons. The van der Waals surface area contributed by atoms with Crippen molar-refractivity contribution in [2.75, 3.05) is 5.32 Å². The highest BCUT2D eigenvalue weighted by atomic mass is 32.1. The number of hydrogen-bond acceptors (Lipinski definition) is 4. The van der Waals surface area contributed by atoms with E-state index in [0.717, 1.165) is 17.0 Å². The molecule has 0 aliphatic rings. The second-order valence-corrected chi connectivity index (χ2v) is 6.20. The third-order valence-corrected chi connectivity index (χ3v) is 3.69. The van der Waals surface area contributed by atoms with Crippen molar-refractivity contribution in [1.29, 1.82) is 0 Å². The number of aliphatic carboxylic acids is 1. The van der Waals surface area contributed by atoms with Crippen molar-refractivity contribution in [3.8, 4) is 0 Å². The molecule has 0 aliphatic carbocycles. The fourth-order valence-corrected chi connectivity index (χ4v) is 2.69. The first-order valence-electron chi connectivity index (χ1n) is 6.60. The van der Waals surface area contributed by atoms with E-state index in [9.17, 15) is 9.59 Å². The predicted octanol–water partition coefficient (Wildman–Crippen LogP) is 2.63. The Morgan fingerprint density at radius 2 is 2.05 bits per heavy atom. The number of nitrogens with one attached hydrogen (secondary N) is 2. The van der Waals surface area contributed by atoms with Gasteiger partial charge in [0.1, 0.15) is 6.04 Å². The highest BCUT2D eigenvalue weighted by Gasteiger charge is 2.21. The summed E-state index contributed by atoms with van der Waals surface area (Å²) in [5.74, 6) is -0.844. The SMILES string of the molecule is CCc1nc(NC(=O)N[C@@H](CC(C)C)C(=O)O)sc1C. The summed E-state index contributed by atoms with van der Waals surface area (Å²) in [6.45, 7) is 7.76. The molecule has 3 N–H and O–H groups in total. The highest BCUT2D eigenvalue weighted by molar-refractivity contribution is 7.15. The molecular formula is C13H21N3O3S. The van der Waals surface area contributed by atoms with Crippen molar-refractivity contribution >= 4 is 28.5 Å². The van der Waals surface area contributed by atoms with E-state index in [-0.39, 0.29) is 5.92 Å². The second-order valence-electron chi connectivity index (χ2n) is 4.99. The number of carbonyl (C=O) groups excluding carboxylic acids is 1. The van der Waals surface area contributed by atoms with Crippen LogP contribution in [-0.4, -0.2) is 28.1 Å². The molecule has 7 heteroatoms. The molecule has 0 saturated heterocycles. The molecule has 6 nitrogen and oxygen atoms in total. The zero-order valence-electron chi connectivity index (χ0n) is 12.2. The normalized spacial score (nSPS) is 12.2. The van der Waals surface area contributed by atoms with Gasteiger partial charge >= 0.3 is 12.0 Å². The van der Waals surface area contributed by atoms with Crippen LogP contribution < -0.4 is 10.6 Å². The summed E-state index contributed by atoms with van der Waals surface area (Å²) in [5.41, 5.74) is 0.947. The van der Waals surface area contributed by atoms with E-state index in [1.807, 2.05) is 27.7 Å². The van der Waals surface area contributed by atoms with Crippen LogP contribution in [0.3, 0.4) is 0 Å². The number of nitrogens with zero attached hydrogens (tertiary/aromatic N) is 1. The first kappa shape index (κ1) is 16.4. The number of rotatable bonds is 6. The Balaban J connectivity index is 2.63. The average molecular weight is 299 g/mol. The lowest BCUT2D eigenvalue weighted by molar-refractivity contribution is -0.139. The summed E-state index contributed by atoms with van der Waals surface area (Å²) in [7, 11) is 0. The monoisotopic (exact) mass is 299 g/mol. The van der Waals surface area contributed by atoms with Crippen LogP contribution in [0.25, 0.3) is 0 Å². The summed E-state index contributed by atoms with van der Waals surface area (Å²) in [6, 6.07) is -1.42. The highest BCUT2D eigenvalue weighted by Crippen LogP contribution is 2.22. The summed E-state index contributed by atoms with van der Waals surface area (Å²) in [6.07, 6.45) is 1.19. The lowest BCUT2D eigenvalue weighted by Gasteiger charge is -2.16. The number of thiazole rings is 1. The Morgan fingerprint density at radius 3 is 2.50 bits per heavy atom. The first-order valence-corrected chi connectivity index (χ1v) is 7.41. The Morgan fingerprint density at radius 1 is 1.40 bits per heavy atom. The number of hydrogen-bond donors (Lipinski definition) is 3. The van der Waals surface area contributed by atoms with Crippen LogP contribution in [0.1, 0.15) is 37.8 Å². The molecule has 0 spiro atoms. The van der Waals surface area contributed by atoms with E-state index >= 15 is 0 Å². The van der Waals surface area contributed by atoms with E-state index < -0.39 is 18.0 Å². The van der Waals surface area contributed by atoms with E-state index in [4.69, 9.17) is 5.11 Å². The zero-order chi connectivity index (χ0) is 15.3. The number of urea groups is 1. The summed E-state index contributed by atoms with van der Waals surface area (Å²) >= 11 is 1.39. The Hall–Kier alpha value is -1.63. The van der Waals surface area contributed by atoms with Gasteiger partial charge in [0.15, 0.2) is 5.13 Å². The second kappa shape index (κ2) is 7.23. The molecule has 1 aromatic heterocycles. The largest absolute Gasteiger partial charge is 0.480 e. The number of amides is 2. The number of carboxylic acid groups (broad SMARTS) is 1. The average Bonchev–Trinajstić information content (AvgIpc) is 2.67. The predicted molar refractivity (Wildman–Crippen MR) is 79.3 cm³/mol. The third-order valence-electron chi connectivity index (χ3n) is 2.76. The fourth-order valence-electron chi connectivity index (χ4n) is 1.79. The Labute approximate surface area is 122 Å². The van der Waals surface area contributed by atoms with Crippen LogP contribution in [0.2, 0.25) is 0 Å². The van der Waals surface area contributed by atoms with Crippen molar-refractivity contribution in [2.24, 2.45) is 5.92 Å². The number of carbonyl (C=O) groups is 2. The van der Waals surface area contributed by atoms with Gasteiger partial charge in [-0.15, -0.1) is 11.3 Å². The van der Waals surface area contributed by atoms with Gasteiger partial charge in [0.2, 0.25) is 0 Å². The molecule has 0 aliphatic heterocycles. The van der Waals surface area contributed by atoms with Crippen molar-refractivity contribution in [1.82, 2.24) is 10.3 Å². The molecule has 1 atom stereocenters. The minimum atomic E-state index is -1.03. The van der Waals surface area contributed by atoms with E-state index in [2.05, 4.69) is 15.6 Å². The Bertz CT molecular complexity index is 485. The topological polar surface area (TPSA) is 91.3 Å². The van der Waals surface area contributed by atoms with Gasteiger partial charge in [0.25, 0.3) is 0 Å². The maximum atomic E-state index is 11.8. The van der Waals surface area contributed by atoms with Gasteiger partial charge in [-0.25, -0.2) is 14.6 Å². The van der Waals surface area contributed by atoms with Crippen LogP contribution in [0.5, 0.6) is 0 Å². The lowest BCUT2D eigenvalue weighted by Crippen LogP contribution is -2.43. The van der Waals surface area contributed by atoms with Crippen LogP contribution in [-0.2, 0) is 11.2 Å². The minimum Gasteiger partial charge on any atom is -0.480 e. The molecule has 0 aromatic carbocycles. The number of aryl methyl sites for hydroxylation is 2. The van der Waals surface area contributed by atoms with Crippen molar-refractivity contribution in [2.45, 2.75) is 46.6 Å². The molecule has 0 saturated carbocycles. The molecule has 0 unspecified atom stereocenters. The maximum Gasteiger partial charge on any atom is 0.326 e. The molecule has 20 heavy (non-hydrogen) atoms. The molecular weight excluding hydrogens is 278 g/mol. The summed E-state index contributed by atoms with van der Waals surface area (Å²) in [4.78, 5) is 28.2. The van der Waals surface area contributed by atoms with Gasteiger partial charge in [0, 0.05) is 4.88 Å². The van der Waals surface area contributed by atoms with Gasteiger partial charge in [-0.1, -0.05) is 20.8 Å². The summed E-state index contributed by atoms with van der Waals surface area (Å²) in [5, 5.41) is 14.6. The quantitative estimate of drug-likeness (QED) is 0.753. The third kappa shape index (κ3) is 4.80.